The number of rotatable bonds is 3. The summed E-state index contributed by atoms with van der Waals surface area (Å²) >= 11 is 9.69. The minimum atomic E-state index is -4.05. The van der Waals surface area contributed by atoms with E-state index in [1.807, 2.05) is 25.1 Å². The molecule has 0 amide bonds. The van der Waals surface area contributed by atoms with Gasteiger partial charge in [0.25, 0.3) is 10.1 Å². The summed E-state index contributed by atoms with van der Waals surface area (Å²) < 4.78 is 33.4. The smallest absolute Gasteiger partial charge is 0.265 e. The number of hydrogen-bond donors (Lipinski definition) is 1. The summed E-state index contributed by atoms with van der Waals surface area (Å²) in [7, 11) is -1.96. The van der Waals surface area contributed by atoms with Crippen LogP contribution < -0.4 is 4.57 Å². The molecule has 1 N–H and O–H groups in total. The molecule has 4 unspecified atom stereocenters. The van der Waals surface area contributed by atoms with E-state index in [4.69, 9.17) is 16.2 Å². The first-order valence-corrected chi connectivity index (χ1v) is 14.5. The Bertz CT molecular complexity index is 1430. The maximum atomic E-state index is 12.1. The zero-order valence-electron chi connectivity index (χ0n) is 20.3. The molecule has 2 saturated carbocycles. The average Bonchev–Trinajstić information content (AvgIpc) is 3.09. The van der Waals surface area contributed by atoms with Crippen molar-refractivity contribution in [2.75, 3.05) is 5.75 Å². The van der Waals surface area contributed by atoms with Crippen LogP contribution in [0.15, 0.2) is 54.6 Å². The fourth-order valence-corrected chi connectivity index (χ4v) is 8.98. The molecule has 2 aromatic carbocycles. The van der Waals surface area contributed by atoms with Gasteiger partial charge in [-0.25, -0.2) is 0 Å². The normalized spacial score (nSPS) is 27.7. The van der Waals surface area contributed by atoms with E-state index >= 15 is 0 Å². The van der Waals surface area contributed by atoms with Crippen LogP contribution in [-0.4, -0.2) is 29.3 Å². The molecule has 0 saturated heterocycles. The minimum Gasteiger partial charge on any atom is -0.298 e. The zero-order chi connectivity index (χ0) is 25.8. The number of carbonyl (C=O) groups is 1. The second-order valence-electron chi connectivity index (χ2n) is 10.2. The average molecular weight is 580 g/mol. The first-order valence-electron chi connectivity index (χ1n) is 11.6. The van der Waals surface area contributed by atoms with E-state index < -0.39 is 20.9 Å². The Balaban J connectivity index is 0.000000168. The van der Waals surface area contributed by atoms with Crippen LogP contribution in [0.4, 0.5) is 0 Å². The topological polar surface area (TPSA) is 75.3 Å². The molecule has 5 nitrogen and oxygen atoms in total. The van der Waals surface area contributed by atoms with Crippen LogP contribution in [0.5, 0.6) is 0 Å². The summed E-state index contributed by atoms with van der Waals surface area (Å²) in [5.41, 5.74) is 3.42. The van der Waals surface area contributed by atoms with E-state index in [0.717, 1.165) is 17.0 Å². The summed E-state index contributed by atoms with van der Waals surface area (Å²) in [6.07, 6.45) is 1.55. The zero-order valence-corrected chi connectivity index (χ0v) is 23.4. The molecule has 0 radical (unpaired) electrons. The van der Waals surface area contributed by atoms with Crippen LogP contribution in [0.2, 0.25) is 5.02 Å². The van der Waals surface area contributed by atoms with Gasteiger partial charge in [0.15, 0.2) is 5.78 Å². The van der Waals surface area contributed by atoms with Crippen LogP contribution in [0.1, 0.15) is 32.3 Å². The van der Waals surface area contributed by atoms with Crippen molar-refractivity contribution in [2.24, 2.45) is 23.8 Å². The molecular formula is C27H30BrClNO4S+. The quantitative estimate of drug-likeness (QED) is 0.237. The number of aromatic nitrogens is 1. The van der Waals surface area contributed by atoms with Gasteiger partial charge in [0, 0.05) is 27.8 Å². The van der Waals surface area contributed by atoms with E-state index in [9.17, 15) is 13.2 Å². The molecule has 1 aromatic heterocycles. The highest BCUT2D eigenvalue weighted by molar-refractivity contribution is 9.10. The molecule has 2 aliphatic rings. The lowest BCUT2D eigenvalue weighted by Crippen LogP contribution is -2.40. The van der Waals surface area contributed by atoms with E-state index in [1.165, 1.54) is 22.2 Å². The number of ketones is 1. The number of halogens is 2. The third-order valence-electron chi connectivity index (χ3n) is 8.17. The van der Waals surface area contributed by atoms with Crippen molar-refractivity contribution >= 4 is 54.3 Å². The first kappa shape index (κ1) is 26.3. The Kier molecular flexibility index (Phi) is 6.95. The van der Waals surface area contributed by atoms with Crippen LogP contribution in [-0.2, 0) is 22.0 Å². The number of para-hydroxylation sites is 1. The van der Waals surface area contributed by atoms with Crippen molar-refractivity contribution in [3.63, 3.8) is 0 Å². The number of benzene rings is 2. The van der Waals surface area contributed by atoms with Gasteiger partial charge in [0.05, 0.1) is 21.2 Å². The van der Waals surface area contributed by atoms with E-state index in [1.54, 1.807) is 6.92 Å². The highest BCUT2D eigenvalue weighted by Crippen LogP contribution is 2.65. The van der Waals surface area contributed by atoms with Crippen LogP contribution in [0, 0.1) is 23.7 Å². The molecule has 8 heteroatoms. The largest absolute Gasteiger partial charge is 0.298 e. The van der Waals surface area contributed by atoms with Crippen LogP contribution in [0.3, 0.4) is 0 Å². The second-order valence-corrected chi connectivity index (χ2v) is 13.0. The predicted molar refractivity (Wildman–Crippen MR) is 143 cm³/mol. The number of aryl methyl sites for hydroxylation is 2. The highest BCUT2D eigenvalue weighted by atomic mass is 79.9. The summed E-state index contributed by atoms with van der Waals surface area (Å²) in [5.74, 6) is -0.239. The number of hydrogen-bond acceptors (Lipinski definition) is 3. The summed E-state index contributed by atoms with van der Waals surface area (Å²) in [5, 5.41) is 2.04. The molecule has 2 fully saturated rings. The van der Waals surface area contributed by atoms with Crippen molar-refractivity contribution in [3.8, 4) is 11.3 Å². The lowest BCUT2D eigenvalue weighted by Gasteiger charge is -2.35. The Morgan fingerprint density at radius 2 is 1.77 bits per heavy atom. The van der Waals surface area contributed by atoms with E-state index in [0.29, 0.717) is 6.42 Å². The molecule has 1 heterocycles. The van der Waals surface area contributed by atoms with Gasteiger partial charge in [-0.3, -0.25) is 9.35 Å². The van der Waals surface area contributed by atoms with Gasteiger partial charge in [-0.05, 0) is 49.9 Å². The standard InChI is InChI=1S/C17H15ClN.C10H15BrO4S/c1-12-11-13-7-3-6-10-16(13)19(2)17(12)14-8-4-5-9-15(14)18;1-9-4-3-6(7(11)8(9)12)10(9,2)5-16(13,14)15/h3-11H,1-2H3;6-7H,3-5H2,1-2H3,(H,13,14,15)/q+1;. The number of fused-ring (bicyclic) bond motifs is 3. The molecular weight excluding hydrogens is 550 g/mol. The Labute approximate surface area is 220 Å². The van der Waals surface area contributed by atoms with Crippen molar-refractivity contribution in [3.05, 3.63) is 65.2 Å². The Morgan fingerprint density at radius 1 is 1.14 bits per heavy atom. The molecule has 0 spiro atoms. The molecule has 0 aliphatic heterocycles. The summed E-state index contributed by atoms with van der Waals surface area (Å²) in [6, 6.07) is 18.6. The van der Waals surface area contributed by atoms with Gasteiger partial charge in [-0.1, -0.05) is 65.6 Å². The Morgan fingerprint density at radius 3 is 2.37 bits per heavy atom. The van der Waals surface area contributed by atoms with Crippen LogP contribution >= 0.6 is 27.5 Å². The number of Topliss-reactive ketones (excluding diaryl/α,β-unsaturated/α-hetero) is 1. The second kappa shape index (κ2) is 9.25. The minimum absolute atomic E-state index is 0.00641. The molecule has 2 aliphatic carbocycles. The van der Waals surface area contributed by atoms with E-state index in [-0.39, 0.29) is 22.3 Å². The Hall–Kier alpha value is -1.80. The number of carbonyl (C=O) groups excluding carboxylic acids is 1. The van der Waals surface area contributed by atoms with Gasteiger partial charge >= 0.3 is 0 Å². The lowest BCUT2D eigenvalue weighted by molar-refractivity contribution is -0.633. The van der Waals surface area contributed by atoms with Crippen molar-refractivity contribution in [1.29, 1.82) is 0 Å². The van der Waals surface area contributed by atoms with Crippen molar-refractivity contribution in [1.82, 2.24) is 0 Å². The van der Waals surface area contributed by atoms with Crippen LogP contribution in [0.25, 0.3) is 22.2 Å². The number of nitrogens with zero attached hydrogens (tertiary/aromatic N) is 1. The maximum absolute atomic E-state index is 12.1. The first-order chi connectivity index (χ1) is 16.3. The molecule has 5 rings (SSSR count). The number of alkyl halides is 1. The monoisotopic (exact) mass is 578 g/mol. The number of pyridine rings is 1. The molecule has 35 heavy (non-hydrogen) atoms. The van der Waals surface area contributed by atoms with Crippen molar-refractivity contribution < 1.29 is 22.3 Å². The van der Waals surface area contributed by atoms with Gasteiger partial charge < -0.3 is 0 Å². The third-order valence-corrected chi connectivity index (χ3v) is 10.5. The van der Waals surface area contributed by atoms with Gasteiger partial charge in [-0.2, -0.15) is 13.0 Å². The molecule has 186 valence electrons. The predicted octanol–water partition coefficient (Wildman–Crippen LogP) is 5.94. The molecule has 4 atom stereocenters. The molecule has 2 bridgehead atoms. The highest BCUT2D eigenvalue weighted by Gasteiger charge is 2.68. The van der Waals surface area contributed by atoms with E-state index in [2.05, 4.69) is 70.9 Å². The SMILES string of the molecule is CC12CCC(C(Br)C1=O)C2(C)CS(=O)(=O)O.Cc1cc2ccccc2[n+](C)c1-c1ccccc1Cl. The molecule has 3 aromatic rings. The van der Waals surface area contributed by atoms with Gasteiger partial charge in [-0.15, -0.1) is 0 Å². The summed E-state index contributed by atoms with van der Waals surface area (Å²) in [6.45, 7) is 5.75. The van der Waals surface area contributed by atoms with Gasteiger partial charge in [0.1, 0.15) is 7.05 Å². The third kappa shape index (κ3) is 4.45. The van der Waals surface area contributed by atoms with Crippen molar-refractivity contribution in [2.45, 2.75) is 38.4 Å². The van der Waals surface area contributed by atoms with Gasteiger partial charge in [0.2, 0.25) is 11.2 Å². The summed E-state index contributed by atoms with van der Waals surface area (Å²) in [4.78, 5) is 11.8. The maximum Gasteiger partial charge on any atom is 0.265 e. The fourth-order valence-electron chi connectivity index (χ4n) is 6.11. The fraction of sp³-hybridized carbons (Fsp3) is 0.407. The lowest BCUT2D eigenvalue weighted by atomic mass is 9.70.